The lowest BCUT2D eigenvalue weighted by Gasteiger charge is -2.04. The lowest BCUT2D eigenvalue weighted by molar-refractivity contribution is -0.143. The van der Waals surface area contributed by atoms with Crippen LogP contribution in [0.1, 0.15) is 11.3 Å². The highest BCUT2D eigenvalue weighted by Crippen LogP contribution is 2.26. The Morgan fingerprint density at radius 1 is 1.31 bits per heavy atom. The summed E-state index contributed by atoms with van der Waals surface area (Å²) in [4.78, 5) is 14.3. The number of rotatable bonds is 0. The minimum absolute atomic E-state index is 0.0203. The first-order valence-corrected chi connectivity index (χ1v) is 4.36. The monoisotopic (exact) mass is 229 g/mol. The molecule has 0 aliphatic carbocycles. The summed E-state index contributed by atoms with van der Waals surface area (Å²) in [6.07, 6.45) is -4.79. The highest BCUT2D eigenvalue weighted by Gasteiger charge is 2.37. The van der Waals surface area contributed by atoms with Gasteiger partial charge in [0.1, 0.15) is 5.52 Å². The highest BCUT2D eigenvalue weighted by atomic mass is 19.4. The van der Waals surface area contributed by atoms with Crippen LogP contribution in [-0.4, -0.2) is 4.98 Å². The van der Waals surface area contributed by atoms with Crippen molar-refractivity contribution in [1.29, 1.82) is 0 Å². The largest absolute Gasteiger partial charge is 0.440 e. The first kappa shape index (κ1) is 10.7. The molecule has 0 spiro atoms. The average Bonchev–Trinajstić information content (AvgIpc) is 2.16. The molecule has 2 aromatic rings. The Morgan fingerprint density at radius 2 is 2.00 bits per heavy atom. The van der Waals surface area contributed by atoms with E-state index in [0.29, 0.717) is 0 Å². The molecule has 0 fully saturated rings. The number of benzene rings is 1. The third kappa shape index (κ3) is 1.78. The molecule has 0 amide bonds. The molecule has 0 bridgehead atoms. The van der Waals surface area contributed by atoms with Gasteiger partial charge in [0.15, 0.2) is 5.58 Å². The molecule has 1 aromatic heterocycles. The maximum atomic E-state index is 12.4. The highest BCUT2D eigenvalue weighted by molar-refractivity contribution is 5.72. The van der Waals surface area contributed by atoms with Crippen LogP contribution >= 0.6 is 0 Å². The number of halogens is 3. The van der Waals surface area contributed by atoms with Crippen LogP contribution in [-0.2, 0) is 6.18 Å². The van der Waals surface area contributed by atoms with E-state index in [1.54, 1.807) is 13.0 Å². The van der Waals surface area contributed by atoms with Crippen LogP contribution < -0.4 is 5.63 Å². The van der Waals surface area contributed by atoms with Gasteiger partial charge >= 0.3 is 11.8 Å². The Balaban J connectivity index is 2.79. The second kappa shape index (κ2) is 3.33. The Morgan fingerprint density at radius 3 is 2.62 bits per heavy atom. The zero-order chi connectivity index (χ0) is 11.9. The van der Waals surface area contributed by atoms with E-state index in [0.717, 1.165) is 5.56 Å². The first-order valence-electron chi connectivity index (χ1n) is 4.36. The summed E-state index contributed by atoms with van der Waals surface area (Å²) in [6, 6.07) is 4.47. The van der Waals surface area contributed by atoms with E-state index in [1.807, 2.05) is 0 Å². The summed E-state index contributed by atoms with van der Waals surface area (Å²) in [7, 11) is 0. The number of nitrogens with zero attached hydrogens (tertiary/aromatic N) is 1. The van der Waals surface area contributed by atoms with Gasteiger partial charge in [0.05, 0.1) is 0 Å². The number of hydrogen-bond donors (Lipinski definition) is 0. The van der Waals surface area contributed by atoms with Crippen molar-refractivity contribution in [3.8, 4) is 0 Å². The molecule has 0 unspecified atom stereocenters. The molecule has 84 valence electrons. The summed E-state index contributed by atoms with van der Waals surface area (Å²) in [5, 5.41) is 0. The fraction of sp³-hybridized carbons (Fsp3) is 0.200. The molecule has 0 N–H and O–H groups in total. The third-order valence-electron chi connectivity index (χ3n) is 2.01. The molecule has 2 rings (SSSR count). The topological polar surface area (TPSA) is 43.1 Å². The first-order chi connectivity index (χ1) is 7.38. The Hall–Kier alpha value is -1.85. The van der Waals surface area contributed by atoms with Crippen molar-refractivity contribution in [2.24, 2.45) is 0 Å². The van der Waals surface area contributed by atoms with Crippen molar-refractivity contribution in [1.82, 2.24) is 4.98 Å². The minimum Gasteiger partial charge on any atom is -0.419 e. The van der Waals surface area contributed by atoms with E-state index in [9.17, 15) is 18.0 Å². The average molecular weight is 229 g/mol. The minimum atomic E-state index is -4.79. The molecule has 0 saturated heterocycles. The van der Waals surface area contributed by atoms with Crippen molar-refractivity contribution in [2.75, 3.05) is 0 Å². The molecule has 0 radical (unpaired) electrons. The molecule has 1 heterocycles. The van der Waals surface area contributed by atoms with Crippen molar-refractivity contribution in [2.45, 2.75) is 13.1 Å². The Bertz CT molecular complexity index is 601. The van der Waals surface area contributed by atoms with Gasteiger partial charge < -0.3 is 4.42 Å². The van der Waals surface area contributed by atoms with Gasteiger partial charge in [0, 0.05) is 0 Å². The molecule has 0 aliphatic heterocycles. The molecule has 0 saturated carbocycles. The molecule has 0 aliphatic rings. The zero-order valence-corrected chi connectivity index (χ0v) is 8.13. The summed E-state index contributed by atoms with van der Waals surface area (Å²) in [6.45, 7) is 1.71. The number of fused-ring (bicyclic) bond motifs is 1. The smallest absolute Gasteiger partial charge is 0.419 e. The molecule has 3 nitrogen and oxygen atoms in total. The maximum Gasteiger partial charge on any atom is 0.440 e. The molecule has 1 aromatic carbocycles. The van der Waals surface area contributed by atoms with Gasteiger partial charge in [-0.2, -0.15) is 13.2 Å². The van der Waals surface area contributed by atoms with Gasteiger partial charge in [-0.15, -0.1) is 0 Å². The quantitative estimate of drug-likeness (QED) is 0.697. The molecule has 16 heavy (non-hydrogen) atoms. The standard InChI is InChI=1S/C10H6F3NO2/c1-5-2-3-7-6(4-5)14-8(9(15)16-7)10(11,12)13/h2-4H,1H3. The van der Waals surface area contributed by atoms with E-state index in [4.69, 9.17) is 0 Å². The molecule has 6 heteroatoms. The molecular weight excluding hydrogens is 223 g/mol. The van der Waals surface area contributed by atoms with E-state index in [1.165, 1.54) is 12.1 Å². The lowest BCUT2D eigenvalue weighted by Crippen LogP contribution is -2.20. The fourth-order valence-corrected chi connectivity index (χ4v) is 1.29. The van der Waals surface area contributed by atoms with Crippen LogP contribution in [0.25, 0.3) is 11.1 Å². The SMILES string of the molecule is Cc1ccc2oc(=O)c(C(F)(F)F)nc2c1. The maximum absolute atomic E-state index is 12.4. The predicted molar refractivity (Wildman–Crippen MR) is 50.0 cm³/mol. The fourth-order valence-electron chi connectivity index (χ4n) is 1.29. The Kier molecular flexibility index (Phi) is 2.22. The van der Waals surface area contributed by atoms with Gasteiger partial charge in [-0.3, -0.25) is 0 Å². The van der Waals surface area contributed by atoms with Crippen LogP contribution in [0.3, 0.4) is 0 Å². The van der Waals surface area contributed by atoms with E-state index in [2.05, 4.69) is 9.40 Å². The van der Waals surface area contributed by atoms with E-state index < -0.39 is 17.5 Å². The van der Waals surface area contributed by atoms with Gasteiger partial charge in [0.2, 0.25) is 5.69 Å². The van der Waals surface area contributed by atoms with E-state index >= 15 is 0 Å². The van der Waals surface area contributed by atoms with Crippen LogP contribution in [0.2, 0.25) is 0 Å². The van der Waals surface area contributed by atoms with Gasteiger partial charge in [-0.25, -0.2) is 9.78 Å². The second-order valence-electron chi connectivity index (χ2n) is 3.32. The van der Waals surface area contributed by atoms with Crippen LogP contribution in [0.15, 0.2) is 27.4 Å². The van der Waals surface area contributed by atoms with Crippen molar-refractivity contribution in [3.63, 3.8) is 0 Å². The summed E-state index contributed by atoms with van der Waals surface area (Å²) in [5.41, 5.74) is -2.19. The number of aryl methyl sites for hydroxylation is 1. The van der Waals surface area contributed by atoms with Crippen molar-refractivity contribution in [3.05, 3.63) is 39.9 Å². The summed E-state index contributed by atoms with van der Waals surface area (Å²) >= 11 is 0. The lowest BCUT2D eigenvalue weighted by atomic mass is 10.2. The zero-order valence-electron chi connectivity index (χ0n) is 8.13. The molecule has 0 atom stereocenters. The second-order valence-corrected chi connectivity index (χ2v) is 3.32. The third-order valence-corrected chi connectivity index (χ3v) is 2.01. The predicted octanol–water partition coefficient (Wildman–Crippen LogP) is 2.52. The van der Waals surface area contributed by atoms with Crippen LogP contribution in [0, 0.1) is 6.92 Å². The molecular formula is C10H6F3NO2. The van der Waals surface area contributed by atoms with Crippen LogP contribution in [0.5, 0.6) is 0 Å². The number of alkyl halides is 3. The van der Waals surface area contributed by atoms with E-state index in [-0.39, 0.29) is 11.1 Å². The number of aromatic nitrogens is 1. The van der Waals surface area contributed by atoms with Crippen LogP contribution in [0.4, 0.5) is 13.2 Å². The van der Waals surface area contributed by atoms with Crippen molar-refractivity contribution >= 4 is 11.1 Å². The van der Waals surface area contributed by atoms with Gasteiger partial charge in [-0.1, -0.05) is 6.07 Å². The summed E-state index contributed by atoms with van der Waals surface area (Å²) < 4.78 is 41.6. The Labute approximate surface area is 87.5 Å². The van der Waals surface area contributed by atoms with Gasteiger partial charge in [-0.05, 0) is 24.6 Å². The van der Waals surface area contributed by atoms with Crippen molar-refractivity contribution < 1.29 is 17.6 Å². The van der Waals surface area contributed by atoms with Gasteiger partial charge in [0.25, 0.3) is 0 Å². The normalized spacial score (nSPS) is 12.0. The summed E-state index contributed by atoms with van der Waals surface area (Å²) in [5.74, 6) is 0. The number of hydrogen-bond acceptors (Lipinski definition) is 3.